The van der Waals surface area contributed by atoms with Crippen LogP contribution in [0.15, 0.2) is 30.5 Å². The number of H-pyrrole nitrogens is 1. The summed E-state index contributed by atoms with van der Waals surface area (Å²) in [6, 6.07) is 7.57. The lowest BCUT2D eigenvalue weighted by atomic mass is 10.1. The molecule has 7 nitrogen and oxygen atoms in total. The van der Waals surface area contributed by atoms with Crippen LogP contribution in [0.5, 0.6) is 0 Å². The van der Waals surface area contributed by atoms with Gasteiger partial charge in [0.05, 0.1) is 0 Å². The Morgan fingerprint density at radius 2 is 1.81 bits per heavy atom. The molecule has 4 rings (SSSR count). The first-order valence-corrected chi connectivity index (χ1v) is 9.43. The molecule has 2 saturated heterocycles. The van der Waals surface area contributed by atoms with Crippen LogP contribution < -0.4 is 0 Å². The van der Waals surface area contributed by atoms with E-state index in [9.17, 15) is 14.4 Å². The molecule has 1 N–H and O–H groups in total. The monoisotopic (exact) mass is 368 g/mol. The normalized spacial score (nSPS) is 20.6. The number of hydrogen-bond acceptors (Lipinski definition) is 3. The predicted octanol–water partition coefficient (Wildman–Crippen LogP) is 1.35. The maximum atomic E-state index is 13.0. The van der Waals surface area contributed by atoms with E-state index in [1.54, 1.807) is 21.6 Å². The number of carbonyl (C=O) groups is 3. The summed E-state index contributed by atoms with van der Waals surface area (Å²) in [5.74, 6) is 0.0731. The molecule has 0 spiro atoms. The van der Waals surface area contributed by atoms with Crippen molar-refractivity contribution in [2.24, 2.45) is 0 Å². The maximum absolute atomic E-state index is 13.0. The van der Waals surface area contributed by atoms with Gasteiger partial charge in [-0.3, -0.25) is 14.4 Å². The fourth-order valence-electron chi connectivity index (χ4n) is 4.09. The molecular weight excluding hydrogens is 344 g/mol. The molecular formula is C20H24N4O3. The van der Waals surface area contributed by atoms with E-state index < -0.39 is 6.04 Å². The van der Waals surface area contributed by atoms with Gasteiger partial charge >= 0.3 is 0 Å². The van der Waals surface area contributed by atoms with Crippen LogP contribution in [-0.2, 0) is 20.9 Å². The number of hydrogen-bond donors (Lipinski definition) is 1. The van der Waals surface area contributed by atoms with E-state index in [2.05, 4.69) is 4.98 Å². The Kier molecular flexibility index (Phi) is 4.59. The van der Waals surface area contributed by atoms with E-state index in [0.717, 1.165) is 16.5 Å². The number of rotatable bonds is 3. The molecule has 1 aromatic heterocycles. The minimum absolute atomic E-state index is 0.00360. The molecule has 3 heterocycles. The van der Waals surface area contributed by atoms with E-state index >= 15 is 0 Å². The molecule has 2 fully saturated rings. The van der Waals surface area contributed by atoms with E-state index in [0.29, 0.717) is 45.6 Å². The average Bonchev–Trinajstić information content (AvgIpc) is 3.26. The van der Waals surface area contributed by atoms with Crippen molar-refractivity contribution in [2.45, 2.75) is 32.4 Å². The lowest BCUT2D eigenvalue weighted by molar-refractivity contribution is -0.144. The number of carbonyl (C=O) groups excluding carboxylic acids is 3. The third kappa shape index (κ3) is 3.29. The molecule has 27 heavy (non-hydrogen) atoms. The molecule has 3 amide bonds. The number of nitrogens with zero attached hydrogens (tertiary/aromatic N) is 3. The fourth-order valence-corrected chi connectivity index (χ4v) is 4.09. The highest BCUT2D eigenvalue weighted by Crippen LogP contribution is 2.26. The highest BCUT2D eigenvalue weighted by atomic mass is 16.2. The van der Waals surface area contributed by atoms with Crippen LogP contribution in [0, 0.1) is 0 Å². The lowest BCUT2D eigenvalue weighted by Gasteiger charge is -2.37. The van der Waals surface area contributed by atoms with E-state index in [1.165, 1.54) is 0 Å². The SMILES string of the molecule is CC(=O)N1CCN(C(=O)C2CCC(=O)N2Cc2c[nH]c3ccccc23)CC1. The van der Waals surface area contributed by atoms with E-state index in [-0.39, 0.29) is 17.7 Å². The molecule has 0 bridgehead atoms. The summed E-state index contributed by atoms with van der Waals surface area (Å²) in [6.45, 7) is 4.17. The van der Waals surface area contributed by atoms with Crippen molar-refractivity contribution in [2.75, 3.05) is 26.2 Å². The highest BCUT2D eigenvalue weighted by molar-refractivity contribution is 5.91. The molecule has 2 aromatic rings. The summed E-state index contributed by atoms with van der Waals surface area (Å²) in [5.41, 5.74) is 2.06. The van der Waals surface area contributed by atoms with Gasteiger partial charge in [0.2, 0.25) is 17.7 Å². The van der Waals surface area contributed by atoms with Gasteiger partial charge in [-0.2, -0.15) is 0 Å². The van der Waals surface area contributed by atoms with Crippen molar-refractivity contribution in [3.63, 3.8) is 0 Å². The summed E-state index contributed by atoms with van der Waals surface area (Å²) < 4.78 is 0. The zero-order chi connectivity index (χ0) is 19.0. The minimum Gasteiger partial charge on any atom is -0.361 e. The molecule has 1 aromatic carbocycles. The minimum atomic E-state index is -0.407. The molecule has 0 radical (unpaired) electrons. The Balaban J connectivity index is 1.48. The number of amides is 3. The average molecular weight is 368 g/mol. The van der Waals surface area contributed by atoms with Gasteiger partial charge in [-0.25, -0.2) is 0 Å². The number of aromatic nitrogens is 1. The standard InChI is InChI=1S/C20H24N4O3/c1-14(25)22-8-10-23(11-9-22)20(27)18-6-7-19(26)24(18)13-15-12-21-17-5-3-2-4-16(15)17/h2-5,12,18,21H,6-11,13H2,1H3. The largest absolute Gasteiger partial charge is 0.361 e. The van der Waals surface area contributed by atoms with Crippen LogP contribution in [0.2, 0.25) is 0 Å². The molecule has 1 atom stereocenters. The Bertz CT molecular complexity index is 882. The van der Waals surface area contributed by atoms with Gasteiger partial charge in [-0.15, -0.1) is 0 Å². The molecule has 2 aliphatic rings. The molecule has 0 aliphatic carbocycles. The van der Waals surface area contributed by atoms with Crippen LogP contribution in [0.25, 0.3) is 10.9 Å². The van der Waals surface area contributed by atoms with Crippen LogP contribution in [-0.4, -0.2) is 69.6 Å². The van der Waals surface area contributed by atoms with Crippen molar-refractivity contribution in [3.05, 3.63) is 36.0 Å². The quantitative estimate of drug-likeness (QED) is 0.888. The summed E-state index contributed by atoms with van der Waals surface area (Å²) in [5, 5.41) is 1.08. The number of nitrogens with one attached hydrogen (secondary N) is 1. The predicted molar refractivity (Wildman–Crippen MR) is 101 cm³/mol. The second-order valence-corrected chi connectivity index (χ2v) is 7.27. The zero-order valence-electron chi connectivity index (χ0n) is 15.5. The van der Waals surface area contributed by atoms with Crippen LogP contribution in [0.4, 0.5) is 0 Å². The first-order valence-electron chi connectivity index (χ1n) is 9.43. The fraction of sp³-hybridized carbons (Fsp3) is 0.450. The number of fused-ring (bicyclic) bond motifs is 1. The van der Waals surface area contributed by atoms with Gasteiger partial charge in [0.25, 0.3) is 0 Å². The molecule has 2 aliphatic heterocycles. The van der Waals surface area contributed by atoms with Gasteiger partial charge in [0.1, 0.15) is 6.04 Å². The molecule has 1 unspecified atom stereocenters. The number of benzene rings is 1. The topological polar surface area (TPSA) is 76.7 Å². The smallest absolute Gasteiger partial charge is 0.245 e. The maximum Gasteiger partial charge on any atom is 0.245 e. The third-order valence-corrected chi connectivity index (χ3v) is 5.67. The number of para-hydroxylation sites is 1. The van der Waals surface area contributed by atoms with Crippen molar-refractivity contribution < 1.29 is 14.4 Å². The van der Waals surface area contributed by atoms with Gasteiger partial charge in [-0.1, -0.05) is 18.2 Å². The summed E-state index contributed by atoms with van der Waals surface area (Å²) in [4.78, 5) is 45.5. The van der Waals surface area contributed by atoms with Gasteiger partial charge in [0.15, 0.2) is 0 Å². The molecule has 142 valence electrons. The summed E-state index contributed by atoms with van der Waals surface area (Å²) in [6.07, 6.45) is 2.89. The van der Waals surface area contributed by atoms with Gasteiger partial charge in [-0.05, 0) is 18.1 Å². The number of piperazine rings is 1. The van der Waals surface area contributed by atoms with Crippen molar-refractivity contribution in [3.8, 4) is 0 Å². The number of aromatic amines is 1. The first kappa shape index (κ1) is 17.6. The summed E-state index contributed by atoms with van der Waals surface area (Å²) >= 11 is 0. The zero-order valence-corrected chi connectivity index (χ0v) is 15.5. The van der Waals surface area contributed by atoms with E-state index in [4.69, 9.17) is 0 Å². The lowest BCUT2D eigenvalue weighted by Crippen LogP contribution is -2.54. The van der Waals surface area contributed by atoms with Crippen LogP contribution >= 0.6 is 0 Å². The highest BCUT2D eigenvalue weighted by Gasteiger charge is 2.39. The molecule has 0 saturated carbocycles. The Labute approximate surface area is 157 Å². The Hall–Kier alpha value is -2.83. The first-order chi connectivity index (χ1) is 13.0. The van der Waals surface area contributed by atoms with Gasteiger partial charge in [0, 0.05) is 63.2 Å². The van der Waals surface area contributed by atoms with Gasteiger partial charge < -0.3 is 19.7 Å². The molecule has 7 heteroatoms. The van der Waals surface area contributed by atoms with E-state index in [1.807, 2.05) is 30.5 Å². The van der Waals surface area contributed by atoms with Crippen molar-refractivity contribution in [1.82, 2.24) is 19.7 Å². The number of likely N-dealkylation sites (tertiary alicyclic amines) is 1. The van der Waals surface area contributed by atoms with Crippen LogP contribution in [0.3, 0.4) is 0 Å². The Morgan fingerprint density at radius 1 is 1.11 bits per heavy atom. The van der Waals surface area contributed by atoms with Crippen LogP contribution in [0.1, 0.15) is 25.3 Å². The van der Waals surface area contributed by atoms with Crippen molar-refractivity contribution in [1.29, 1.82) is 0 Å². The summed E-state index contributed by atoms with van der Waals surface area (Å²) in [7, 11) is 0. The second-order valence-electron chi connectivity index (χ2n) is 7.27. The third-order valence-electron chi connectivity index (χ3n) is 5.67. The Morgan fingerprint density at radius 3 is 2.56 bits per heavy atom. The van der Waals surface area contributed by atoms with Crippen molar-refractivity contribution >= 4 is 28.6 Å². The second kappa shape index (κ2) is 7.06.